The molecule has 0 heterocycles. The minimum absolute atomic E-state index is 0.146. The molecule has 116 valence electrons. The molecule has 1 aliphatic rings. The Bertz CT molecular complexity index is 517. The zero-order valence-electron chi connectivity index (χ0n) is 11.5. The van der Waals surface area contributed by atoms with Crippen molar-refractivity contribution in [3.63, 3.8) is 0 Å². The molecule has 7 heteroatoms. The Balaban J connectivity index is 2.31. The van der Waals surface area contributed by atoms with Crippen molar-refractivity contribution < 1.29 is 18.8 Å². The normalized spacial score (nSPS) is 17.7. The zero-order chi connectivity index (χ0) is 15.5. The molecule has 1 aromatic rings. The van der Waals surface area contributed by atoms with Crippen LogP contribution in [-0.2, 0) is 0 Å². The highest BCUT2D eigenvalue weighted by Crippen LogP contribution is 2.36. The number of nitro groups is 1. The smallest absolute Gasteiger partial charge is 0.270 e. The Hall–Kier alpha value is -1.76. The Morgan fingerprint density at radius 2 is 2.00 bits per heavy atom. The van der Waals surface area contributed by atoms with Gasteiger partial charge in [0.15, 0.2) is 0 Å². The Kier molecular flexibility index (Phi) is 4.72. The third-order valence-corrected chi connectivity index (χ3v) is 3.99. The lowest BCUT2D eigenvalue weighted by Crippen LogP contribution is -2.44. The summed E-state index contributed by atoms with van der Waals surface area (Å²) in [5.74, 6) is 0. The summed E-state index contributed by atoms with van der Waals surface area (Å²) < 4.78 is 26.3. The molecule has 1 fully saturated rings. The molecule has 0 amide bonds. The molecule has 2 rings (SSSR count). The van der Waals surface area contributed by atoms with Crippen LogP contribution in [0.1, 0.15) is 44.1 Å². The van der Waals surface area contributed by atoms with Gasteiger partial charge in [0.1, 0.15) is 0 Å². The molecule has 21 heavy (non-hydrogen) atoms. The molecule has 0 bridgehead atoms. The van der Waals surface area contributed by atoms with Crippen molar-refractivity contribution in [3.8, 4) is 0 Å². The number of hydrogen-bond acceptors (Lipinski definition) is 4. The minimum Gasteiger partial charge on any atom is -0.394 e. The van der Waals surface area contributed by atoms with Crippen LogP contribution in [0.2, 0.25) is 0 Å². The predicted octanol–water partition coefficient (Wildman–Crippen LogP) is 3.64. The second-order valence-electron chi connectivity index (χ2n) is 5.45. The number of hydrogen-bond donors (Lipinski definition) is 2. The van der Waals surface area contributed by atoms with Crippen LogP contribution >= 0.6 is 0 Å². The van der Waals surface area contributed by atoms with Crippen molar-refractivity contribution in [2.75, 3.05) is 11.9 Å². The van der Waals surface area contributed by atoms with Gasteiger partial charge in [0.05, 0.1) is 17.1 Å². The van der Waals surface area contributed by atoms with Gasteiger partial charge in [-0.2, -0.15) is 0 Å². The van der Waals surface area contributed by atoms with Gasteiger partial charge in [-0.25, -0.2) is 8.78 Å². The predicted molar refractivity (Wildman–Crippen MR) is 74.6 cm³/mol. The number of aliphatic hydroxyl groups excluding tert-OH is 1. The summed E-state index contributed by atoms with van der Waals surface area (Å²) in [7, 11) is 0. The second kappa shape index (κ2) is 6.34. The van der Waals surface area contributed by atoms with Gasteiger partial charge in [0.2, 0.25) is 0 Å². The van der Waals surface area contributed by atoms with Gasteiger partial charge in [0.25, 0.3) is 12.1 Å². The quantitative estimate of drug-likeness (QED) is 0.643. The second-order valence-corrected chi connectivity index (χ2v) is 5.45. The summed E-state index contributed by atoms with van der Waals surface area (Å²) in [4.78, 5) is 10.0. The van der Waals surface area contributed by atoms with Gasteiger partial charge < -0.3 is 10.4 Å². The monoisotopic (exact) mass is 300 g/mol. The molecule has 1 aliphatic carbocycles. The van der Waals surface area contributed by atoms with Gasteiger partial charge in [-0.3, -0.25) is 10.1 Å². The molecule has 0 saturated heterocycles. The van der Waals surface area contributed by atoms with Gasteiger partial charge in [0, 0.05) is 23.4 Å². The summed E-state index contributed by atoms with van der Waals surface area (Å²) in [5.41, 5.74) is -1.22. The van der Waals surface area contributed by atoms with E-state index < -0.39 is 22.5 Å². The molecule has 0 radical (unpaired) electrons. The largest absolute Gasteiger partial charge is 0.394 e. The van der Waals surface area contributed by atoms with Gasteiger partial charge >= 0.3 is 0 Å². The van der Waals surface area contributed by atoms with E-state index in [9.17, 15) is 24.0 Å². The summed E-state index contributed by atoms with van der Waals surface area (Å²) in [5, 5.41) is 23.3. The van der Waals surface area contributed by atoms with Gasteiger partial charge in [-0.1, -0.05) is 19.3 Å². The molecule has 0 aromatic heterocycles. The standard InChI is InChI=1S/C14H18F2N2O3/c15-13(16)11-8-10(18(20)21)4-5-12(11)17-14(9-19)6-2-1-3-7-14/h4-5,8,13,17,19H,1-3,6-7,9H2. The summed E-state index contributed by atoms with van der Waals surface area (Å²) in [6.07, 6.45) is 1.49. The van der Waals surface area contributed by atoms with E-state index in [1.54, 1.807) is 0 Å². The number of aliphatic hydroxyl groups is 1. The molecule has 1 aromatic carbocycles. The Morgan fingerprint density at radius 3 is 2.52 bits per heavy atom. The third-order valence-electron chi connectivity index (χ3n) is 3.99. The average Bonchev–Trinajstić information content (AvgIpc) is 2.48. The van der Waals surface area contributed by atoms with Crippen molar-refractivity contribution in [2.45, 2.75) is 44.1 Å². The van der Waals surface area contributed by atoms with Crippen LogP contribution < -0.4 is 5.32 Å². The molecule has 0 spiro atoms. The van der Waals surface area contributed by atoms with E-state index in [1.165, 1.54) is 12.1 Å². The van der Waals surface area contributed by atoms with E-state index in [1.807, 2.05) is 0 Å². The van der Waals surface area contributed by atoms with Crippen molar-refractivity contribution in [3.05, 3.63) is 33.9 Å². The van der Waals surface area contributed by atoms with Crippen LogP contribution in [0.5, 0.6) is 0 Å². The topological polar surface area (TPSA) is 75.4 Å². The number of alkyl halides is 2. The number of nitro benzene ring substituents is 1. The number of nitrogens with one attached hydrogen (secondary N) is 1. The zero-order valence-corrected chi connectivity index (χ0v) is 11.5. The van der Waals surface area contributed by atoms with E-state index in [-0.39, 0.29) is 18.0 Å². The minimum atomic E-state index is -2.81. The Labute approximate surface area is 121 Å². The number of nitrogens with zero attached hydrogens (tertiary/aromatic N) is 1. The van der Waals surface area contributed by atoms with Crippen LogP contribution in [-0.4, -0.2) is 22.2 Å². The maximum Gasteiger partial charge on any atom is 0.270 e. The van der Waals surface area contributed by atoms with Crippen molar-refractivity contribution >= 4 is 11.4 Å². The fraction of sp³-hybridized carbons (Fsp3) is 0.571. The highest BCUT2D eigenvalue weighted by molar-refractivity contribution is 5.58. The number of rotatable bonds is 5. The summed E-state index contributed by atoms with van der Waals surface area (Å²) in [6.45, 7) is -0.146. The number of benzene rings is 1. The lowest BCUT2D eigenvalue weighted by Gasteiger charge is -2.38. The lowest BCUT2D eigenvalue weighted by atomic mass is 9.82. The number of non-ortho nitro benzene ring substituents is 1. The van der Waals surface area contributed by atoms with E-state index in [4.69, 9.17) is 0 Å². The Morgan fingerprint density at radius 1 is 1.33 bits per heavy atom. The van der Waals surface area contributed by atoms with Crippen LogP contribution in [0.15, 0.2) is 18.2 Å². The molecular weight excluding hydrogens is 282 g/mol. The van der Waals surface area contributed by atoms with E-state index in [0.29, 0.717) is 12.8 Å². The van der Waals surface area contributed by atoms with Crippen LogP contribution in [0.4, 0.5) is 20.2 Å². The molecule has 1 saturated carbocycles. The summed E-state index contributed by atoms with van der Waals surface area (Å²) >= 11 is 0. The lowest BCUT2D eigenvalue weighted by molar-refractivity contribution is -0.385. The molecular formula is C14H18F2N2O3. The number of anilines is 1. The molecule has 0 atom stereocenters. The first-order valence-corrected chi connectivity index (χ1v) is 6.93. The van der Waals surface area contributed by atoms with Crippen molar-refractivity contribution in [1.29, 1.82) is 0 Å². The van der Waals surface area contributed by atoms with E-state index in [2.05, 4.69) is 5.32 Å². The maximum absolute atomic E-state index is 13.1. The van der Waals surface area contributed by atoms with Crippen LogP contribution in [0.3, 0.4) is 0 Å². The third kappa shape index (κ3) is 3.47. The molecule has 5 nitrogen and oxygen atoms in total. The van der Waals surface area contributed by atoms with E-state index >= 15 is 0 Å². The highest BCUT2D eigenvalue weighted by atomic mass is 19.3. The molecule has 0 aliphatic heterocycles. The van der Waals surface area contributed by atoms with Crippen LogP contribution in [0.25, 0.3) is 0 Å². The average molecular weight is 300 g/mol. The molecule has 2 N–H and O–H groups in total. The fourth-order valence-corrected chi connectivity index (χ4v) is 2.79. The number of halogens is 2. The summed E-state index contributed by atoms with van der Waals surface area (Å²) in [6, 6.07) is 3.38. The SMILES string of the molecule is O=[N+]([O-])c1ccc(NC2(CO)CCCCC2)c(C(F)F)c1. The first-order chi connectivity index (χ1) is 9.97. The fourth-order valence-electron chi connectivity index (χ4n) is 2.79. The van der Waals surface area contributed by atoms with Gasteiger partial charge in [-0.05, 0) is 18.9 Å². The van der Waals surface area contributed by atoms with Gasteiger partial charge in [-0.15, -0.1) is 0 Å². The van der Waals surface area contributed by atoms with Crippen molar-refractivity contribution in [1.82, 2.24) is 0 Å². The molecule has 0 unspecified atom stereocenters. The first kappa shape index (κ1) is 15.6. The van der Waals surface area contributed by atoms with Crippen LogP contribution in [0, 0.1) is 10.1 Å². The first-order valence-electron chi connectivity index (χ1n) is 6.93. The maximum atomic E-state index is 13.1. The van der Waals surface area contributed by atoms with E-state index in [0.717, 1.165) is 25.3 Å². The highest BCUT2D eigenvalue weighted by Gasteiger charge is 2.32. The van der Waals surface area contributed by atoms with Crippen molar-refractivity contribution in [2.24, 2.45) is 0 Å².